The quantitative estimate of drug-likeness (QED) is 0.749. The highest BCUT2D eigenvalue weighted by atomic mass is 32.1. The molecule has 0 radical (unpaired) electrons. The lowest BCUT2D eigenvalue weighted by Gasteiger charge is -2.02. The second-order valence-corrected chi connectivity index (χ2v) is 4.94. The molecule has 1 heterocycles. The lowest BCUT2D eigenvalue weighted by molar-refractivity contribution is 1.35. The first kappa shape index (κ1) is 9.55. The lowest BCUT2D eigenvalue weighted by atomic mass is 10.3. The van der Waals surface area contributed by atoms with Crippen LogP contribution in [0, 0.1) is 6.92 Å². The molecule has 0 saturated carbocycles. The average molecular weight is 222 g/mol. The van der Waals surface area contributed by atoms with Crippen molar-refractivity contribution in [2.45, 2.75) is 13.8 Å². The highest BCUT2D eigenvalue weighted by molar-refractivity contribution is 7.80. The first-order valence-electron chi connectivity index (χ1n) is 4.30. The van der Waals surface area contributed by atoms with Crippen LogP contribution in [0.15, 0.2) is 18.2 Å². The Labute approximate surface area is 92.0 Å². The molecule has 0 spiro atoms. The summed E-state index contributed by atoms with van der Waals surface area (Å²) >= 11 is 6.68. The summed E-state index contributed by atoms with van der Waals surface area (Å²) < 4.78 is 1.22. The topological polar surface area (TPSA) is 24.9 Å². The third-order valence-corrected chi connectivity index (χ3v) is 2.87. The number of aromatic nitrogens is 1. The molecule has 0 saturated heterocycles. The number of fused-ring (bicyclic) bond motifs is 1. The minimum absolute atomic E-state index is 0.774. The van der Waals surface area contributed by atoms with Crippen LogP contribution in [-0.2, 0) is 0 Å². The Hall–Kier alpha value is -1.00. The van der Waals surface area contributed by atoms with Gasteiger partial charge in [-0.25, -0.2) is 4.98 Å². The van der Waals surface area contributed by atoms with Crippen LogP contribution < -0.4 is 5.32 Å². The second-order valence-electron chi connectivity index (χ2n) is 3.10. The zero-order valence-electron chi connectivity index (χ0n) is 8.00. The summed E-state index contributed by atoms with van der Waals surface area (Å²) in [5.74, 6) is 0. The molecule has 1 aromatic carbocycles. The van der Waals surface area contributed by atoms with Crippen molar-refractivity contribution in [2.24, 2.45) is 0 Å². The summed E-state index contributed by atoms with van der Waals surface area (Å²) in [4.78, 5) is 5.19. The van der Waals surface area contributed by atoms with Crippen molar-refractivity contribution in [3.8, 4) is 0 Å². The van der Waals surface area contributed by atoms with Gasteiger partial charge in [0.05, 0.1) is 20.2 Å². The Bertz CT molecular complexity index is 488. The maximum Gasteiger partial charge on any atom is 0.0907 e. The number of thiazole rings is 1. The van der Waals surface area contributed by atoms with Crippen molar-refractivity contribution < 1.29 is 0 Å². The summed E-state index contributed by atoms with van der Waals surface area (Å²) in [5.41, 5.74) is 2.05. The van der Waals surface area contributed by atoms with Crippen LogP contribution >= 0.6 is 23.6 Å². The fourth-order valence-corrected chi connectivity index (χ4v) is 2.25. The number of hydrogen-bond donors (Lipinski definition) is 1. The number of nitrogens with one attached hydrogen (secondary N) is 1. The highest BCUT2D eigenvalue weighted by Gasteiger charge is 2.01. The summed E-state index contributed by atoms with van der Waals surface area (Å²) in [7, 11) is 0. The van der Waals surface area contributed by atoms with Gasteiger partial charge in [0.15, 0.2) is 0 Å². The smallest absolute Gasteiger partial charge is 0.0907 e. The van der Waals surface area contributed by atoms with E-state index in [1.54, 1.807) is 11.3 Å². The van der Waals surface area contributed by atoms with Crippen LogP contribution in [0.2, 0.25) is 0 Å². The van der Waals surface area contributed by atoms with Gasteiger partial charge in [-0.15, -0.1) is 11.3 Å². The number of nitrogens with zero attached hydrogens (tertiary/aromatic N) is 1. The Balaban J connectivity index is 2.45. The maximum absolute atomic E-state index is 4.98. The van der Waals surface area contributed by atoms with Gasteiger partial charge in [-0.05, 0) is 32.0 Å². The number of anilines is 1. The van der Waals surface area contributed by atoms with Crippen LogP contribution in [0.25, 0.3) is 10.2 Å². The number of rotatable bonds is 1. The molecule has 72 valence electrons. The van der Waals surface area contributed by atoms with Crippen LogP contribution in [0.5, 0.6) is 0 Å². The summed E-state index contributed by atoms with van der Waals surface area (Å²) in [6.45, 7) is 3.88. The van der Waals surface area contributed by atoms with E-state index in [1.165, 1.54) is 4.70 Å². The van der Waals surface area contributed by atoms with Gasteiger partial charge in [0.2, 0.25) is 0 Å². The minimum atomic E-state index is 0.774. The molecule has 1 N–H and O–H groups in total. The van der Waals surface area contributed by atoms with Crippen molar-refractivity contribution in [2.75, 3.05) is 5.32 Å². The Morgan fingerprint density at radius 3 is 3.00 bits per heavy atom. The molecule has 0 aliphatic rings. The molecular weight excluding hydrogens is 212 g/mol. The van der Waals surface area contributed by atoms with Crippen molar-refractivity contribution in [3.63, 3.8) is 0 Å². The van der Waals surface area contributed by atoms with E-state index >= 15 is 0 Å². The third kappa shape index (κ3) is 1.91. The zero-order valence-corrected chi connectivity index (χ0v) is 9.63. The van der Waals surface area contributed by atoms with E-state index in [1.807, 2.05) is 26.0 Å². The maximum atomic E-state index is 4.98. The van der Waals surface area contributed by atoms with E-state index in [2.05, 4.69) is 16.4 Å². The lowest BCUT2D eigenvalue weighted by Crippen LogP contribution is -2.02. The molecule has 2 nitrogen and oxygen atoms in total. The predicted molar refractivity (Wildman–Crippen MR) is 66.3 cm³/mol. The van der Waals surface area contributed by atoms with Crippen molar-refractivity contribution in [1.82, 2.24) is 4.98 Å². The van der Waals surface area contributed by atoms with E-state index in [4.69, 9.17) is 12.2 Å². The summed E-state index contributed by atoms with van der Waals surface area (Å²) in [5, 5.41) is 4.20. The van der Waals surface area contributed by atoms with Gasteiger partial charge >= 0.3 is 0 Å². The first-order valence-corrected chi connectivity index (χ1v) is 5.52. The molecule has 2 rings (SSSR count). The van der Waals surface area contributed by atoms with Crippen molar-refractivity contribution >= 4 is 44.4 Å². The molecule has 4 heteroatoms. The molecule has 14 heavy (non-hydrogen) atoms. The van der Waals surface area contributed by atoms with Gasteiger partial charge < -0.3 is 5.32 Å². The normalized spacial score (nSPS) is 10.4. The van der Waals surface area contributed by atoms with Gasteiger partial charge in [0.25, 0.3) is 0 Å². The van der Waals surface area contributed by atoms with Crippen LogP contribution in [0.1, 0.15) is 11.9 Å². The van der Waals surface area contributed by atoms with E-state index in [0.29, 0.717) is 0 Å². The molecular formula is C10H10N2S2. The summed E-state index contributed by atoms with van der Waals surface area (Å²) in [6.07, 6.45) is 0. The average Bonchev–Trinajstić information content (AvgIpc) is 2.42. The van der Waals surface area contributed by atoms with Gasteiger partial charge in [-0.2, -0.15) is 0 Å². The van der Waals surface area contributed by atoms with E-state index in [-0.39, 0.29) is 0 Å². The van der Waals surface area contributed by atoms with Gasteiger partial charge in [0.1, 0.15) is 0 Å². The third-order valence-electron chi connectivity index (χ3n) is 1.81. The second kappa shape index (κ2) is 3.63. The summed E-state index contributed by atoms with van der Waals surface area (Å²) in [6, 6.07) is 6.12. The van der Waals surface area contributed by atoms with Crippen LogP contribution in [-0.4, -0.2) is 9.97 Å². The Morgan fingerprint density at radius 1 is 1.50 bits per heavy atom. The van der Waals surface area contributed by atoms with E-state index < -0.39 is 0 Å². The molecule has 0 aliphatic heterocycles. The molecule has 1 aromatic heterocycles. The largest absolute Gasteiger partial charge is 0.350 e. The van der Waals surface area contributed by atoms with Crippen LogP contribution in [0.3, 0.4) is 0 Å². The van der Waals surface area contributed by atoms with Crippen LogP contribution in [0.4, 0.5) is 5.69 Å². The van der Waals surface area contributed by atoms with Crippen molar-refractivity contribution in [1.29, 1.82) is 0 Å². The number of hydrogen-bond acceptors (Lipinski definition) is 3. The molecule has 0 amide bonds. The van der Waals surface area contributed by atoms with E-state index in [0.717, 1.165) is 21.2 Å². The van der Waals surface area contributed by atoms with Gasteiger partial charge in [-0.1, -0.05) is 12.2 Å². The number of benzene rings is 1. The standard InChI is InChI=1S/C10H10N2S2/c1-6(13)11-8-3-4-10-9(5-8)12-7(2)14-10/h3-5H,1-2H3,(H,11,13). The number of aryl methyl sites for hydroxylation is 1. The first-order chi connectivity index (χ1) is 6.65. The molecule has 0 atom stereocenters. The molecule has 0 fully saturated rings. The minimum Gasteiger partial charge on any atom is -0.350 e. The number of thiocarbonyl (C=S) groups is 1. The molecule has 0 bridgehead atoms. The fraction of sp³-hybridized carbons (Fsp3) is 0.200. The Kier molecular flexibility index (Phi) is 2.48. The molecule has 0 unspecified atom stereocenters. The van der Waals surface area contributed by atoms with Crippen molar-refractivity contribution in [3.05, 3.63) is 23.2 Å². The predicted octanol–water partition coefficient (Wildman–Crippen LogP) is 3.36. The monoisotopic (exact) mass is 222 g/mol. The van der Waals surface area contributed by atoms with Gasteiger partial charge in [-0.3, -0.25) is 0 Å². The zero-order chi connectivity index (χ0) is 10.1. The molecule has 2 aromatic rings. The molecule has 0 aliphatic carbocycles. The van der Waals surface area contributed by atoms with E-state index in [9.17, 15) is 0 Å². The fourth-order valence-electron chi connectivity index (χ4n) is 1.32. The highest BCUT2D eigenvalue weighted by Crippen LogP contribution is 2.24. The SMILES string of the molecule is CC(=S)Nc1ccc2sc(C)nc2c1. The Morgan fingerprint density at radius 2 is 2.29 bits per heavy atom. The van der Waals surface area contributed by atoms with Gasteiger partial charge in [0, 0.05) is 5.69 Å².